The molecule has 144 valence electrons. The lowest BCUT2D eigenvalue weighted by molar-refractivity contribution is -0.142. The number of ether oxygens (including phenoxy) is 1. The molecule has 0 spiro atoms. The van der Waals surface area contributed by atoms with Gasteiger partial charge in [-0.3, -0.25) is 14.5 Å². The quantitative estimate of drug-likeness (QED) is 0.635. The van der Waals surface area contributed by atoms with E-state index in [2.05, 4.69) is 15.9 Å². The van der Waals surface area contributed by atoms with E-state index in [0.717, 1.165) is 27.4 Å². The standard InChI is InChI=1S/C19H26BrNO4S/c1-11-8-9-14(20)12(2)16(11)21(13(3)17(23)25-7)15(22)10-26-18(24)19(4,5)6/h8-9,13H,10H2,1-7H3. The van der Waals surface area contributed by atoms with Crippen molar-refractivity contribution >= 4 is 50.4 Å². The minimum absolute atomic E-state index is 0.0389. The first-order chi connectivity index (χ1) is 11.9. The molecular formula is C19H26BrNO4S. The van der Waals surface area contributed by atoms with E-state index in [9.17, 15) is 14.4 Å². The predicted octanol–water partition coefficient (Wildman–Crippen LogP) is 4.27. The summed E-state index contributed by atoms with van der Waals surface area (Å²) in [4.78, 5) is 38.7. The van der Waals surface area contributed by atoms with E-state index in [0.29, 0.717) is 5.69 Å². The number of benzene rings is 1. The van der Waals surface area contributed by atoms with Crippen molar-refractivity contribution < 1.29 is 19.1 Å². The van der Waals surface area contributed by atoms with Crippen molar-refractivity contribution in [2.75, 3.05) is 17.8 Å². The fourth-order valence-corrected chi connectivity index (χ4v) is 3.55. The number of carbonyl (C=O) groups is 3. The number of amides is 1. The molecule has 0 saturated carbocycles. The Bertz CT molecular complexity index is 712. The average Bonchev–Trinajstić information content (AvgIpc) is 2.57. The molecule has 1 rings (SSSR count). The number of rotatable bonds is 5. The first-order valence-electron chi connectivity index (χ1n) is 8.24. The lowest BCUT2D eigenvalue weighted by Gasteiger charge is -2.31. The summed E-state index contributed by atoms with van der Waals surface area (Å²) in [6.45, 7) is 10.8. The fraction of sp³-hybridized carbons (Fsp3) is 0.526. The summed E-state index contributed by atoms with van der Waals surface area (Å²) in [5.74, 6) is -0.859. The van der Waals surface area contributed by atoms with Crippen LogP contribution in [0.2, 0.25) is 0 Å². The van der Waals surface area contributed by atoms with Crippen LogP contribution in [0.4, 0.5) is 5.69 Å². The van der Waals surface area contributed by atoms with Crippen molar-refractivity contribution in [3.63, 3.8) is 0 Å². The van der Waals surface area contributed by atoms with Crippen molar-refractivity contribution in [2.24, 2.45) is 5.41 Å². The zero-order valence-electron chi connectivity index (χ0n) is 16.3. The van der Waals surface area contributed by atoms with Gasteiger partial charge in [-0.2, -0.15) is 0 Å². The molecular weight excluding hydrogens is 418 g/mol. The monoisotopic (exact) mass is 443 g/mol. The van der Waals surface area contributed by atoms with Crippen LogP contribution in [0.1, 0.15) is 38.8 Å². The van der Waals surface area contributed by atoms with Crippen LogP contribution in [-0.2, 0) is 19.1 Å². The Morgan fingerprint density at radius 3 is 2.31 bits per heavy atom. The van der Waals surface area contributed by atoms with Gasteiger partial charge in [0.25, 0.3) is 0 Å². The van der Waals surface area contributed by atoms with Crippen molar-refractivity contribution in [2.45, 2.75) is 47.6 Å². The maximum absolute atomic E-state index is 13.0. The van der Waals surface area contributed by atoms with E-state index in [1.165, 1.54) is 12.0 Å². The molecule has 5 nitrogen and oxygen atoms in total. The summed E-state index contributed by atoms with van der Waals surface area (Å²) in [5, 5.41) is -0.0702. The van der Waals surface area contributed by atoms with Gasteiger partial charge in [0.05, 0.1) is 18.6 Å². The smallest absolute Gasteiger partial charge is 0.328 e. The number of hydrogen-bond acceptors (Lipinski definition) is 5. The van der Waals surface area contributed by atoms with E-state index in [1.54, 1.807) is 6.92 Å². The molecule has 1 aromatic carbocycles. The molecule has 0 aromatic heterocycles. The zero-order chi connectivity index (χ0) is 20.2. The second-order valence-electron chi connectivity index (χ2n) is 7.13. The number of esters is 1. The van der Waals surface area contributed by atoms with Gasteiger partial charge in [-0.15, -0.1) is 0 Å². The van der Waals surface area contributed by atoms with Crippen molar-refractivity contribution in [3.05, 3.63) is 27.7 Å². The van der Waals surface area contributed by atoms with Crippen LogP contribution in [0.25, 0.3) is 0 Å². The molecule has 1 aromatic rings. The van der Waals surface area contributed by atoms with Crippen molar-refractivity contribution in [1.82, 2.24) is 0 Å². The number of anilines is 1. The summed E-state index contributed by atoms with van der Waals surface area (Å²) >= 11 is 4.45. The number of methoxy groups -OCH3 is 1. The molecule has 0 N–H and O–H groups in total. The van der Waals surface area contributed by atoms with Gasteiger partial charge >= 0.3 is 5.97 Å². The van der Waals surface area contributed by atoms with Crippen LogP contribution < -0.4 is 4.90 Å². The summed E-state index contributed by atoms with van der Waals surface area (Å²) in [6.07, 6.45) is 0. The summed E-state index contributed by atoms with van der Waals surface area (Å²) in [5.41, 5.74) is 1.83. The summed E-state index contributed by atoms with van der Waals surface area (Å²) < 4.78 is 5.68. The molecule has 26 heavy (non-hydrogen) atoms. The lowest BCUT2D eigenvalue weighted by atomic mass is 10.00. The third-order valence-corrected chi connectivity index (χ3v) is 6.07. The summed E-state index contributed by atoms with van der Waals surface area (Å²) in [6, 6.07) is 2.98. The molecule has 0 saturated heterocycles. The highest BCUT2D eigenvalue weighted by molar-refractivity contribution is 9.10. The van der Waals surface area contributed by atoms with E-state index in [4.69, 9.17) is 4.74 Å². The SMILES string of the molecule is COC(=O)C(C)N(C(=O)CSC(=O)C(C)(C)C)c1c(C)ccc(Br)c1C. The molecule has 0 radical (unpaired) electrons. The number of hydrogen-bond donors (Lipinski definition) is 0. The molecule has 0 heterocycles. The maximum atomic E-state index is 13.0. The van der Waals surface area contributed by atoms with E-state index >= 15 is 0 Å². The number of halogens is 1. The molecule has 0 aliphatic rings. The molecule has 7 heteroatoms. The van der Waals surface area contributed by atoms with Gasteiger partial charge in [-0.25, -0.2) is 4.79 Å². The largest absolute Gasteiger partial charge is 0.467 e. The Hall–Kier alpha value is -1.34. The van der Waals surface area contributed by atoms with Gasteiger partial charge < -0.3 is 4.74 Å². The number of thioether (sulfide) groups is 1. The third kappa shape index (κ3) is 5.33. The molecule has 0 fully saturated rings. The highest BCUT2D eigenvalue weighted by Crippen LogP contribution is 2.33. The zero-order valence-corrected chi connectivity index (χ0v) is 18.7. The fourth-order valence-electron chi connectivity index (χ4n) is 2.41. The minimum atomic E-state index is -0.801. The van der Waals surface area contributed by atoms with Crippen LogP contribution in [0.5, 0.6) is 0 Å². The normalized spacial score (nSPS) is 12.5. The molecule has 1 atom stereocenters. The van der Waals surface area contributed by atoms with Gasteiger partial charge in [-0.05, 0) is 38.0 Å². The molecule has 0 bridgehead atoms. The Balaban J connectivity index is 3.27. The van der Waals surface area contributed by atoms with Crippen LogP contribution in [0.3, 0.4) is 0 Å². The number of aryl methyl sites for hydroxylation is 1. The van der Waals surface area contributed by atoms with Gasteiger partial charge in [-0.1, -0.05) is 54.5 Å². The topological polar surface area (TPSA) is 63.7 Å². The third-order valence-electron chi connectivity index (χ3n) is 3.94. The van der Waals surface area contributed by atoms with E-state index in [1.807, 2.05) is 46.8 Å². The van der Waals surface area contributed by atoms with E-state index < -0.39 is 17.4 Å². The van der Waals surface area contributed by atoms with E-state index in [-0.39, 0.29) is 16.8 Å². The Kier molecular flexibility index (Phi) is 7.89. The molecule has 0 aliphatic carbocycles. The van der Waals surface area contributed by atoms with Crippen LogP contribution in [0.15, 0.2) is 16.6 Å². The second-order valence-corrected chi connectivity index (χ2v) is 8.93. The van der Waals surface area contributed by atoms with Gasteiger partial charge in [0.2, 0.25) is 5.91 Å². The van der Waals surface area contributed by atoms with Crippen molar-refractivity contribution in [3.8, 4) is 0 Å². The summed E-state index contributed by atoms with van der Waals surface area (Å²) in [7, 11) is 1.29. The molecule has 1 unspecified atom stereocenters. The highest BCUT2D eigenvalue weighted by atomic mass is 79.9. The first-order valence-corrected chi connectivity index (χ1v) is 10.0. The van der Waals surface area contributed by atoms with Gasteiger partial charge in [0, 0.05) is 9.89 Å². The van der Waals surface area contributed by atoms with Crippen LogP contribution in [-0.4, -0.2) is 35.9 Å². The molecule has 1 amide bonds. The minimum Gasteiger partial charge on any atom is -0.467 e. The second kappa shape index (κ2) is 9.04. The average molecular weight is 444 g/mol. The van der Waals surface area contributed by atoms with Crippen LogP contribution in [0, 0.1) is 19.3 Å². The first kappa shape index (κ1) is 22.7. The highest BCUT2D eigenvalue weighted by Gasteiger charge is 2.32. The number of carbonyl (C=O) groups excluding carboxylic acids is 3. The Morgan fingerprint density at radius 1 is 1.23 bits per heavy atom. The Labute approximate surface area is 168 Å². The maximum Gasteiger partial charge on any atom is 0.328 e. The predicted molar refractivity (Wildman–Crippen MR) is 110 cm³/mol. The Morgan fingerprint density at radius 2 is 1.81 bits per heavy atom. The van der Waals surface area contributed by atoms with Gasteiger partial charge in [0.1, 0.15) is 6.04 Å². The van der Waals surface area contributed by atoms with Crippen molar-refractivity contribution in [1.29, 1.82) is 0 Å². The number of nitrogens with zero attached hydrogens (tertiary/aromatic N) is 1. The van der Waals surface area contributed by atoms with Gasteiger partial charge in [0.15, 0.2) is 5.12 Å². The lowest BCUT2D eigenvalue weighted by Crippen LogP contribution is -2.46. The van der Waals surface area contributed by atoms with Crippen LogP contribution >= 0.6 is 27.7 Å². The molecule has 0 aliphatic heterocycles.